The number of Topliss-reactive ketones (excluding diaryl/α,β-unsaturated/α-hetero) is 1. The first-order valence-corrected chi connectivity index (χ1v) is 7.52. The summed E-state index contributed by atoms with van der Waals surface area (Å²) in [7, 11) is 0. The van der Waals surface area contributed by atoms with Gasteiger partial charge in [-0.2, -0.15) is 0 Å². The summed E-state index contributed by atoms with van der Waals surface area (Å²) in [5, 5.41) is 0. The SMILES string of the molecule is CC1C=CCCC1CC(=O)CC1CCC=CC1C. The second-order valence-corrected chi connectivity index (χ2v) is 6.20. The minimum absolute atomic E-state index is 0.495. The number of rotatable bonds is 4. The highest BCUT2D eigenvalue weighted by atomic mass is 16.1. The number of ketones is 1. The molecule has 0 bridgehead atoms. The lowest BCUT2D eigenvalue weighted by atomic mass is 9.78. The first kappa shape index (κ1) is 13.6. The van der Waals surface area contributed by atoms with E-state index < -0.39 is 0 Å². The standard InChI is InChI=1S/C17H26O/c1-13-7-3-5-9-15(13)11-17(18)12-16-10-6-4-8-14(16)2/h3-4,7-8,13-16H,5-6,9-12H2,1-2H3. The predicted molar refractivity (Wildman–Crippen MR) is 76.3 cm³/mol. The van der Waals surface area contributed by atoms with Crippen molar-refractivity contribution in [3.05, 3.63) is 24.3 Å². The number of hydrogen-bond donors (Lipinski definition) is 0. The van der Waals surface area contributed by atoms with E-state index in [9.17, 15) is 4.79 Å². The summed E-state index contributed by atoms with van der Waals surface area (Å²) < 4.78 is 0. The molecule has 0 aromatic heterocycles. The Morgan fingerprint density at radius 3 is 1.78 bits per heavy atom. The Kier molecular flexibility index (Phi) is 4.79. The maximum atomic E-state index is 12.2. The maximum Gasteiger partial charge on any atom is 0.133 e. The largest absolute Gasteiger partial charge is 0.300 e. The zero-order chi connectivity index (χ0) is 13.0. The molecule has 0 amide bonds. The van der Waals surface area contributed by atoms with Crippen LogP contribution < -0.4 is 0 Å². The molecule has 4 atom stereocenters. The molecule has 0 aliphatic heterocycles. The molecule has 2 rings (SSSR count). The van der Waals surface area contributed by atoms with Crippen LogP contribution in [0.2, 0.25) is 0 Å². The van der Waals surface area contributed by atoms with E-state index in [1.807, 2.05) is 0 Å². The van der Waals surface area contributed by atoms with Crippen molar-refractivity contribution in [3.8, 4) is 0 Å². The Morgan fingerprint density at radius 2 is 1.39 bits per heavy atom. The smallest absolute Gasteiger partial charge is 0.133 e. The highest BCUT2D eigenvalue weighted by Crippen LogP contribution is 2.31. The van der Waals surface area contributed by atoms with Gasteiger partial charge in [-0.25, -0.2) is 0 Å². The monoisotopic (exact) mass is 246 g/mol. The third-order valence-electron chi connectivity index (χ3n) is 4.75. The summed E-state index contributed by atoms with van der Waals surface area (Å²) >= 11 is 0. The first-order valence-electron chi connectivity index (χ1n) is 7.52. The third kappa shape index (κ3) is 3.57. The number of hydrogen-bond acceptors (Lipinski definition) is 1. The number of carbonyl (C=O) groups is 1. The fraction of sp³-hybridized carbons (Fsp3) is 0.706. The predicted octanol–water partition coefficient (Wildman–Crippen LogP) is 4.54. The molecule has 0 saturated heterocycles. The van der Waals surface area contributed by atoms with E-state index in [-0.39, 0.29) is 0 Å². The Balaban J connectivity index is 1.81. The fourth-order valence-electron chi connectivity index (χ4n) is 3.33. The molecule has 0 aromatic rings. The van der Waals surface area contributed by atoms with Gasteiger partial charge in [0.15, 0.2) is 0 Å². The summed E-state index contributed by atoms with van der Waals surface area (Å²) in [6.07, 6.45) is 15.4. The lowest BCUT2D eigenvalue weighted by molar-refractivity contribution is -0.121. The van der Waals surface area contributed by atoms with Crippen LogP contribution in [0.5, 0.6) is 0 Å². The van der Waals surface area contributed by atoms with Crippen LogP contribution in [0.15, 0.2) is 24.3 Å². The summed E-state index contributed by atoms with van der Waals surface area (Å²) in [6.45, 7) is 4.50. The van der Waals surface area contributed by atoms with Gasteiger partial charge in [0.25, 0.3) is 0 Å². The summed E-state index contributed by atoms with van der Waals surface area (Å²) in [6, 6.07) is 0. The zero-order valence-electron chi connectivity index (χ0n) is 11.8. The molecule has 0 aromatic carbocycles. The Hall–Kier alpha value is -0.850. The molecule has 2 aliphatic carbocycles. The van der Waals surface area contributed by atoms with Crippen LogP contribution in [0.4, 0.5) is 0 Å². The van der Waals surface area contributed by atoms with Crippen molar-refractivity contribution < 1.29 is 4.79 Å². The number of carbonyl (C=O) groups excluding carboxylic acids is 1. The van der Waals surface area contributed by atoms with Crippen LogP contribution in [0.25, 0.3) is 0 Å². The van der Waals surface area contributed by atoms with E-state index in [0.717, 1.165) is 25.7 Å². The molecule has 0 N–H and O–H groups in total. The minimum Gasteiger partial charge on any atom is -0.300 e. The van der Waals surface area contributed by atoms with Gasteiger partial charge in [-0.3, -0.25) is 4.79 Å². The lowest BCUT2D eigenvalue weighted by Gasteiger charge is -2.27. The average molecular weight is 246 g/mol. The molecule has 0 fully saturated rings. The molecule has 1 heteroatoms. The average Bonchev–Trinajstić information content (AvgIpc) is 2.35. The highest BCUT2D eigenvalue weighted by molar-refractivity contribution is 5.79. The van der Waals surface area contributed by atoms with Crippen molar-refractivity contribution >= 4 is 5.78 Å². The fourth-order valence-corrected chi connectivity index (χ4v) is 3.33. The summed E-state index contributed by atoms with van der Waals surface area (Å²) in [4.78, 5) is 12.2. The van der Waals surface area contributed by atoms with E-state index >= 15 is 0 Å². The molecule has 4 unspecified atom stereocenters. The van der Waals surface area contributed by atoms with Gasteiger partial charge in [0.1, 0.15) is 5.78 Å². The first-order chi connectivity index (χ1) is 8.66. The van der Waals surface area contributed by atoms with E-state index in [2.05, 4.69) is 38.2 Å². The van der Waals surface area contributed by atoms with Gasteiger partial charge in [0.05, 0.1) is 0 Å². The normalized spacial score (nSPS) is 35.7. The van der Waals surface area contributed by atoms with Gasteiger partial charge in [-0.1, -0.05) is 38.2 Å². The topological polar surface area (TPSA) is 17.1 Å². The molecular formula is C17H26O. The molecule has 100 valence electrons. The molecule has 1 nitrogen and oxygen atoms in total. The second-order valence-electron chi connectivity index (χ2n) is 6.20. The third-order valence-corrected chi connectivity index (χ3v) is 4.75. The molecule has 2 aliphatic rings. The van der Waals surface area contributed by atoms with Crippen molar-refractivity contribution in [2.24, 2.45) is 23.7 Å². The van der Waals surface area contributed by atoms with E-state index in [1.165, 1.54) is 12.8 Å². The van der Waals surface area contributed by atoms with Crippen molar-refractivity contribution in [1.29, 1.82) is 0 Å². The number of allylic oxidation sites excluding steroid dienone is 4. The Bertz CT molecular complexity index is 308. The zero-order valence-corrected chi connectivity index (χ0v) is 11.8. The van der Waals surface area contributed by atoms with E-state index in [4.69, 9.17) is 0 Å². The van der Waals surface area contributed by atoms with Gasteiger partial charge in [-0.05, 0) is 49.4 Å². The molecular weight excluding hydrogens is 220 g/mol. The summed E-state index contributed by atoms with van der Waals surface area (Å²) in [5.41, 5.74) is 0. The van der Waals surface area contributed by atoms with Crippen molar-refractivity contribution in [2.45, 2.75) is 52.4 Å². The molecule has 0 heterocycles. The lowest BCUT2D eigenvalue weighted by Crippen LogP contribution is -2.21. The molecule has 0 saturated carbocycles. The van der Waals surface area contributed by atoms with E-state index in [0.29, 0.717) is 29.5 Å². The van der Waals surface area contributed by atoms with Crippen molar-refractivity contribution in [2.75, 3.05) is 0 Å². The van der Waals surface area contributed by atoms with Crippen LogP contribution in [-0.4, -0.2) is 5.78 Å². The van der Waals surface area contributed by atoms with Crippen LogP contribution in [0.1, 0.15) is 52.4 Å². The molecule has 0 spiro atoms. The summed E-state index contributed by atoms with van der Waals surface area (Å²) in [5.74, 6) is 2.86. The second kappa shape index (κ2) is 6.36. The maximum absolute atomic E-state index is 12.2. The highest BCUT2D eigenvalue weighted by Gasteiger charge is 2.24. The van der Waals surface area contributed by atoms with Gasteiger partial charge >= 0.3 is 0 Å². The van der Waals surface area contributed by atoms with Crippen LogP contribution in [-0.2, 0) is 4.79 Å². The van der Waals surface area contributed by atoms with Crippen molar-refractivity contribution in [3.63, 3.8) is 0 Å². The quantitative estimate of drug-likeness (QED) is 0.666. The molecule has 0 radical (unpaired) electrons. The Morgan fingerprint density at radius 1 is 0.944 bits per heavy atom. The van der Waals surface area contributed by atoms with Crippen LogP contribution in [0, 0.1) is 23.7 Å². The molecule has 18 heavy (non-hydrogen) atoms. The minimum atomic E-state index is 0.495. The van der Waals surface area contributed by atoms with Crippen LogP contribution >= 0.6 is 0 Å². The van der Waals surface area contributed by atoms with Gasteiger partial charge in [-0.15, -0.1) is 0 Å². The van der Waals surface area contributed by atoms with Gasteiger partial charge in [0, 0.05) is 12.8 Å². The van der Waals surface area contributed by atoms with Crippen LogP contribution in [0.3, 0.4) is 0 Å². The Labute approximate surface area is 111 Å². The van der Waals surface area contributed by atoms with Gasteiger partial charge < -0.3 is 0 Å². The van der Waals surface area contributed by atoms with Gasteiger partial charge in [0.2, 0.25) is 0 Å². The van der Waals surface area contributed by atoms with E-state index in [1.54, 1.807) is 0 Å². The van der Waals surface area contributed by atoms with Crippen molar-refractivity contribution in [1.82, 2.24) is 0 Å².